The average molecular weight is 407 g/mol. The zero-order chi connectivity index (χ0) is 19.4. The van der Waals surface area contributed by atoms with Crippen molar-refractivity contribution in [3.63, 3.8) is 0 Å². The number of halogens is 3. The summed E-state index contributed by atoms with van der Waals surface area (Å²) in [6, 6.07) is 13.2. The summed E-state index contributed by atoms with van der Waals surface area (Å²) >= 11 is 11.8. The number of benzene rings is 2. The van der Waals surface area contributed by atoms with Gasteiger partial charge in [0.25, 0.3) is 11.5 Å². The number of carbonyl (C=O) groups is 1. The van der Waals surface area contributed by atoms with E-state index in [2.05, 4.69) is 5.32 Å². The summed E-state index contributed by atoms with van der Waals surface area (Å²) in [7, 11) is 0. The molecule has 1 aromatic heterocycles. The maximum atomic E-state index is 12.9. The van der Waals surface area contributed by atoms with Gasteiger partial charge < -0.3 is 10.2 Å². The minimum atomic E-state index is -0.628. The Kier molecular flexibility index (Phi) is 5.78. The monoisotopic (exact) mass is 406 g/mol. The third kappa shape index (κ3) is 4.67. The molecule has 0 saturated heterocycles. The zero-order valence-electron chi connectivity index (χ0n) is 13.8. The van der Waals surface area contributed by atoms with Gasteiger partial charge in [-0.15, -0.1) is 0 Å². The first-order chi connectivity index (χ1) is 12.9. The SMILES string of the molecule is O=C(Nc1ccc(Cl)c(Cl)c1)c1cccn(OCc2ccc(F)cc2)c1=O. The van der Waals surface area contributed by atoms with Gasteiger partial charge in [-0.3, -0.25) is 9.59 Å². The van der Waals surface area contributed by atoms with Crippen molar-refractivity contribution in [3.8, 4) is 0 Å². The second-order valence-electron chi connectivity index (χ2n) is 5.54. The van der Waals surface area contributed by atoms with Crippen LogP contribution >= 0.6 is 23.2 Å². The summed E-state index contributed by atoms with van der Waals surface area (Å²) in [5.74, 6) is -0.977. The van der Waals surface area contributed by atoms with Gasteiger partial charge in [0.1, 0.15) is 18.0 Å². The quantitative estimate of drug-likeness (QED) is 0.691. The van der Waals surface area contributed by atoms with E-state index < -0.39 is 11.5 Å². The number of nitrogens with one attached hydrogen (secondary N) is 1. The highest BCUT2D eigenvalue weighted by molar-refractivity contribution is 6.42. The molecule has 0 fully saturated rings. The van der Waals surface area contributed by atoms with E-state index in [1.54, 1.807) is 18.2 Å². The molecule has 138 valence electrons. The number of anilines is 1. The van der Waals surface area contributed by atoms with Gasteiger partial charge in [0.15, 0.2) is 0 Å². The van der Waals surface area contributed by atoms with E-state index in [1.807, 2.05) is 0 Å². The van der Waals surface area contributed by atoms with Gasteiger partial charge >= 0.3 is 0 Å². The second-order valence-corrected chi connectivity index (χ2v) is 6.35. The number of aromatic nitrogens is 1. The lowest BCUT2D eigenvalue weighted by Gasteiger charge is -2.10. The van der Waals surface area contributed by atoms with Crippen molar-refractivity contribution in [2.75, 3.05) is 5.32 Å². The molecule has 0 unspecified atom stereocenters. The van der Waals surface area contributed by atoms with Gasteiger partial charge in [-0.25, -0.2) is 4.39 Å². The van der Waals surface area contributed by atoms with Crippen molar-refractivity contribution in [2.45, 2.75) is 6.61 Å². The molecule has 0 aliphatic rings. The Morgan fingerprint density at radius 3 is 2.52 bits per heavy atom. The fraction of sp³-hybridized carbons (Fsp3) is 0.0526. The third-order valence-corrected chi connectivity index (χ3v) is 4.36. The van der Waals surface area contributed by atoms with Crippen LogP contribution in [0.15, 0.2) is 65.6 Å². The fourth-order valence-corrected chi connectivity index (χ4v) is 2.54. The maximum absolute atomic E-state index is 12.9. The van der Waals surface area contributed by atoms with E-state index in [-0.39, 0.29) is 23.0 Å². The van der Waals surface area contributed by atoms with E-state index in [0.717, 1.165) is 4.73 Å². The van der Waals surface area contributed by atoms with Crippen LogP contribution in [-0.4, -0.2) is 10.6 Å². The summed E-state index contributed by atoms with van der Waals surface area (Å²) in [6.07, 6.45) is 1.39. The van der Waals surface area contributed by atoms with E-state index >= 15 is 0 Å². The highest BCUT2D eigenvalue weighted by atomic mass is 35.5. The number of carbonyl (C=O) groups excluding carboxylic acids is 1. The smallest absolute Gasteiger partial charge is 0.295 e. The second kappa shape index (κ2) is 8.24. The van der Waals surface area contributed by atoms with Crippen LogP contribution in [0, 0.1) is 5.82 Å². The molecule has 5 nitrogen and oxygen atoms in total. The Morgan fingerprint density at radius 2 is 1.81 bits per heavy atom. The highest BCUT2D eigenvalue weighted by Gasteiger charge is 2.14. The Hall–Kier alpha value is -2.83. The van der Waals surface area contributed by atoms with Crippen molar-refractivity contribution >= 4 is 34.8 Å². The van der Waals surface area contributed by atoms with Crippen LogP contribution in [0.2, 0.25) is 10.0 Å². The van der Waals surface area contributed by atoms with Gasteiger partial charge in [-0.1, -0.05) is 35.3 Å². The molecule has 0 saturated carbocycles. The molecule has 2 aromatic carbocycles. The van der Waals surface area contributed by atoms with Crippen molar-refractivity contribution < 1.29 is 14.0 Å². The fourth-order valence-electron chi connectivity index (χ4n) is 2.25. The number of rotatable bonds is 5. The molecule has 0 radical (unpaired) electrons. The lowest BCUT2D eigenvalue weighted by atomic mass is 10.2. The normalized spacial score (nSPS) is 10.5. The minimum absolute atomic E-state index is 0.0397. The molecule has 0 spiro atoms. The minimum Gasteiger partial charge on any atom is -0.406 e. The highest BCUT2D eigenvalue weighted by Crippen LogP contribution is 2.25. The molecule has 0 aliphatic heterocycles. The first-order valence-electron chi connectivity index (χ1n) is 7.80. The maximum Gasteiger partial charge on any atom is 0.295 e. The average Bonchev–Trinajstić information content (AvgIpc) is 2.65. The van der Waals surface area contributed by atoms with Crippen LogP contribution in [0.1, 0.15) is 15.9 Å². The number of hydrogen-bond donors (Lipinski definition) is 1. The predicted molar refractivity (Wildman–Crippen MR) is 102 cm³/mol. The van der Waals surface area contributed by atoms with Crippen LogP contribution < -0.4 is 15.7 Å². The number of pyridine rings is 1. The predicted octanol–water partition coefficient (Wildman–Crippen LogP) is 4.18. The molecular formula is C19H13Cl2FN2O3. The van der Waals surface area contributed by atoms with Gasteiger partial charge in [-0.2, -0.15) is 4.73 Å². The Bertz CT molecular complexity index is 1040. The lowest BCUT2D eigenvalue weighted by molar-refractivity contribution is 0.0863. The summed E-state index contributed by atoms with van der Waals surface area (Å²) in [6.45, 7) is 0.0397. The van der Waals surface area contributed by atoms with Crippen LogP contribution in [-0.2, 0) is 6.61 Å². The summed E-state index contributed by atoms with van der Waals surface area (Å²) < 4.78 is 13.9. The Balaban J connectivity index is 1.75. The van der Waals surface area contributed by atoms with Gasteiger partial charge in [0.05, 0.1) is 10.0 Å². The van der Waals surface area contributed by atoms with Crippen LogP contribution in [0.4, 0.5) is 10.1 Å². The van der Waals surface area contributed by atoms with E-state index in [9.17, 15) is 14.0 Å². The summed E-state index contributed by atoms with van der Waals surface area (Å²) in [5.41, 5.74) is 0.338. The molecule has 0 atom stereocenters. The summed E-state index contributed by atoms with van der Waals surface area (Å²) in [5, 5.41) is 3.21. The van der Waals surface area contributed by atoms with Gasteiger partial charge in [0.2, 0.25) is 0 Å². The molecule has 8 heteroatoms. The molecule has 3 rings (SSSR count). The molecule has 3 aromatic rings. The molecule has 27 heavy (non-hydrogen) atoms. The Morgan fingerprint density at radius 1 is 1.07 bits per heavy atom. The van der Waals surface area contributed by atoms with E-state index in [0.29, 0.717) is 16.3 Å². The molecule has 0 aliphatic carbocycles. The number of amides is 1. The van der Waals surface area contributed by atoms with E-state index in [4.69, 9.17) is 28.0 Å². The largest absolute Gasteiger partial charge is 0.406 e. The van der Waals surface area contributed by atoms with Crippen molar-refractivity contribution in [1.82, 2.24) is 4.73 Å². The van der Waals surface area contributed by atoms with Crippen molar-refractivity contribution in [1.29, 1.82) is 0 Å². The first-order valence-corrected chi connectivity index (χ1v) is 8.55. The standard InChI is InChI=1S/C19H13Cl2FN2O3/c20-16-8-7-14(10-17(16)21)23-18(25)15-2-1-9-24(19(15)26)27-11-12-3-5-13(22)6-4-12/h1-10H,11H2,(H,23,25). The summed E-state index contributed by atoms with van der Waals surface area (Å²) in [4.78, 5) is 30.3. The number of nitrogens with zero attached hydrogens (tertiary/aromatic N) is 1. The molecule has 1 N–H and O–H groups in total. The molecule has 1 heterocycles. The van der Waals surface area contributed by atoms with Crippen LogP contribution in [0.3, 0.4) is 0 Å². The Labute approximate surface area is 163 Å². The van der Waals surface area contributed by atoms with Crippen molar-refractivity contribution in [3.05, 3.63) is 98.1 Å². The first kappa shape index (κ1) is 18.9. The van der Waals surface area contributed by atoms with E-state index in [1.165, 1.54) is 42.6 Å². The van der Waals surface area contributed by atoms with Crippen molar-refractivity contribution in [2.24, 2.45) is 0 Å². The molecule has 1 amide bonds. The van der Waals surface area contributed by atoms with Gasteiger partial charge in [0, 0.05) is 11.9 Å². The third-order valence-electron chi connectivity index (χ3n) is 3.62. The zero-order valence-corrected chi connectivity index (χ0v) is 15.3. The van der Waals surface area contributed by atoms with Crippen LogP contribution in [0.25, 0.3) is 0 Å². The lowest BCUT2D eigenvalue weighted by Crippen LogP contribution is -2.32. The molecule has 0 bridgehead atoms. The van der Waals surface area contributed by atoms with Gasteiger partial charge in [-0.05, 0) is 48.0 Å². The topological polar surface area (TPSA) is 60.3 Å². The van der Waals surface area contributed by atoms with Crippen LogP contribution in [0.5, 0.6) is 0 Å². The number of hydrogen-bond acceptors (Lipinski definition) is 3. The molecular weight excluding hydrogens is 394 g/mol.